The van der Waals surface area contributed by atoms with E-state index in [1.807, 2.05) is 13.8 Å². The highest BCUT2D eigenvalue weighted by atomic mass is 35.5. The summed E-state index contributed by atoms with van der Waals surface area (Å²) in [5.41, 5.74) is 7.30. The largest absolute Gasteiger partial charge is 0.370 e. The number of rotatable bonds is 3. The fourth-order valence-electron chi connectivity index (χ4n) is 2.50. The van der Waals surface area contributed by atoms with Crippen LogP contribution in [0.1, 0.15) is 30.4 Å². The Balaban J connectivity index is 2.06. The number of carbonyl (C=O) groups is 1. The number of amides is 1. The summed E-state index contributed by atoms with van der Waals surface area (Å²) < 4.78 is 0. The van der Waals surface area contributed by atoms with Gasteiger partial charge in [-0.2, -0.15) is 0 Å². The Morgan fingerprint density at radius 2 is 1.95 bits per heavy atom. The van der Waals surface area contributed by atoms with Crippen LogP contribution in [0.5, 0.6) is 0 Å². The van der Waals surface area contributed by atoms with Gasteiger partial charge in [-0.05, 0) is 43.7 Å². The van der Waals surface area contributed by atoms with Gasteiger partial charge in [0, 0.05) is 19.5 Å². The summed E-state index contributed by atoms with van der Waals surface area (Å²) in [4.78, 5) is 13.1. The van der Waals surface area contributed by atoms with Crippen LogP contribution in [0.3, 0.4) is 0 Å². The summed E-state index contributed by atoms with van der Waals surface area (Å²) in [6, 6.07) is 0. The average Bonchev–Trinajstić information content (AvgIpc) is 2.37. The minimum absolute atomic E-state index is 0.211. The number of hydrogen-bond donors (Lipinski definition) is 1. The number of carbonyl (C=O) groups excluding carboxylic acids is 1. The zero-order chi connectivity index (χ0) is 14.0. The van der Waals surface area contributed by atoms with Crippen LogP contribution in [-0.4, -0.2) is 29.2 Å². The lowest BCUT2D eigenvalue weighted by Crippen LogP contribution is -2.36. The van der Waals surface area contributed by atoms with Gasteiger partial charge in [-0.3, -0.25) is 4.79 Å². The molecule has 0 bridgehead atoms. The van der Waals surface area contributed by atoms with E-state index in [-0.39, 0.29) is 5.91 Å². The maximum absolute atomic E-state index is 10.9. The van der Waals surface area contributed by atoms with Crippen molar-refractivity contribution in [3.8, 4) is 0 Å². The maximum Gasteiger partial charge on any atom is 0.217 e. The van der Waals surface area contributed by atoms with Gasteiger partial charge in [0.2, 0.25) is 5.91 Å². The first-order valence-corrected chi connectivity index (χ1v) is 6.89. The number of nitrogens with two attached hydrogens (primary N) is 1. The highest BCUT2D eigenvalue weighted by Crippen LogP contribution is 2.28. The van der Waals surface area contributed by atoms with Gasteiger partial charge >= 0.3 is 0 Å². The van der Waals surface area contributed by atoms with Crippen LogP contribution in [0.15, 0.2) is 0 Å². The van der Waals surface area contributed by atoms with Crippen molar-refractivity contribution >= 4 is 23.3 Å². The second kappa shape index (κ2) is 5.74. The maximum atomic E-state index is 10.9. The van der Waals surface area contributed by atoms with Crippen molar-refractivity contribution < 1.29 is 4.79 Å². The van der Waals surface area contributed by atoms with E-state index < -0.39 is 0 Å². The molecule has 1 amide bonds. The average molecular weight is 283 g/mol. The molecular weight excluding hydrogens is 264 g/mol. The summed E-state index contributed by atoms with van der Waals surface area (Å²) in [7, 11) is 0. The first-order chi connectivity index (χ1) is 8.99. The number of anilines is 1. The zero-order valence-electron chi connectivity index (χ0n) is 11.3. The van der Waals surface area contributed by atoms with Crippen molar-refractivity contribution in [2.75, 3.05) is 18.0 Å². The number of nitrogens with zero attached hydrogens (tertiary/aromatic N) is 3. The van der Waals surface area contributed by atoms with Gasteiger partial charge in [0.25, 0.3) is 0 Å². The Kier molecular flexibility index (Phi) is 4.24. The van der Waals surface area contributed by atoms with Crippen molar-refractivity contribution in [2.24, 2.45) is 11.7 Å². The topological polar surface area (TPSA) is 72.1 Å². The van der Waals surface area contributed by atoms with Crippen LogP contribution < -0.4 is 10.6 Å². The third-order valence-corrected chi connectivity index (χ3v) is 4.20. The SMILES string of the molecule is Cc1c(Cl)nnc(N2CCC(CC(N)=O)CC2)c1C. The molecule has 2 rings (SSSR count). The van der Waals surface area contributed by atoms with Crippen molar-refractivity contribution in [1.29, 1.82) is 0 Å². The molecule has 0 atom stereocenters. The molecule has 1 aliphatic rings. The van der Waals surface area contributed by atoms with Gasteiger partial charge < -0.3 is 10.6 Å². The fraction of sp³-hybridized carbons (Fsp3) is 0.615. The van der Waals surface area contributed by atoms with Gasteiger partial charge in [0.1, 0.15) is 0 Å². The molecule has 19 heavy (non-hydrogen) atoms. The van der Waals surface area contributed by atoms with Crippen molar-refractivity contribution in [3.63, 3.8) is 0 Å². The molecule has 0 saturated carbocycles. The summed E-state index contributed by atoms with van der Waals surface area (Å²) in [5, 5.41) is 8.65. The van der Waals surface area contributed by atoms with E-state index in [9.17, 15) is 4.79 Å². The molecule has 0 unspecified atom stereocenters. The van der Waals surface area contributed by atoms with E-state index in [4.69, 9.17) is 17.3 Å². The third-order valence-electron chi connectivity index (χ3n) is 3.84. The van der Waals surface area contributed by atoms with E-state index in [0.29, 0.717) is 17.5 Å². The molecule has 2 heterocycles. The van der Waals surface area contributed by atoms with Gasteiger partial charge in [-0.1, -0.05) is 11.6 Å². The second-order valence-corrected chi connectivity index (χ2v) is 5.52. The molecule has 0 aliphatic carbocycles. The second-order valence-electron chi connectivity index (χ2n) is 5.17. The molecule has 1 aromatic rings. The summed E-state index contributed by atoms with van der Waals surface area (Å²) in [6.07, 6.45) is 2.41. The summed E-state index contributed by atoms with van der Waals surface area (Å²) in [5.74, 6) is 1.09. The molecular formula is C13H19ClN4O. The minimum Gasteiger partial charge on any atom is -0.370 e. The van der Waals surface area contributed by atoms with Gasteiger partial charge in [0.05, 0.1) is 0 Å². The lowest BCUT2D eigenvalue weighted by Gasteiger charge is -2.33. The first-order valence-electron chi connectivity index (χ1n) is 6.51. The molecule has 1 saturated heterocycles. The lowest BCUT2D eigenvalue weighted by atomic mass is 9.93. The molecule has 1 aromatic heterocycles. The number of halogens is 1. The normalized spacial score (nSPS) is 16.7. The highest BCUT2D eigenvalue weighted by molar-refractivity contribution is 6.30. The van der Waals surface area contributed by atoms with Gasteiger partial charge in [0.15, 0.2) is 11.0 Å². The first kappa shape index (κ1) is 14.1. The number of piperidine rings is 1. The Morgan fingerprint density at radius 1 is 1.32 bits per heavy atom. The van der Waals surface area contributed by atoms with Crippen molar-refractivity contribution in [3.05, 3.63) is 16.3 Å². The van der Waals surface area contributed by atoms with Crippen LogP contribution in [-0.2, 0) is 4.79 Å². The van der Waals surface area contributed by atoms with Crippen LogP contribution >= 0.6 is 11.6 Å². The summed E-state index contributed by atoms with van der Waals surface area (Å²) in [6.45, 7) is 5.74. The number of aromatic nitrogens is 2. The summed E-state index contributed by atoms with van der Waals surface area (Å²) >= 11 is 5.96. The van der Waals surface area contributed by atoms with E-state index in [1.165, 1.54) is 0 Å². The van der Waals surface area contributed by atoms with Crippen LogP contribution in [0.2, 0.25) is 5.15 Å². The number of primary amides is 1. The lowest BCUT2D eigenvalue weighted by molar-refractivity contribution is -0.119. The standard InChI is InChI=1S/C13H19ClN4O/c1-8-9(2)13(17-16-12(8)14)18-5-3-10(4-6-18)7-11(15)19/h10H,3-7H2,1-2H3,(H2,15,19). The van der Waals surface area contributed by atoms with E-state index in [1.54, 1.807) is 0 Å². The fourth-order valence-corrected chi connectivity index (χ4v) is 2.68. The molecule has 6 heteroatoms. The highest BCUT2D eigenvalue weighted by Gasteiger charge is 2.23. The molecule has 0 aromatic carbocycles. The Bertz CT molecular complexity index is 484. The zero-order valence-corrected chi connectivity index (χ0v) is 12.1. The molecule has 104 valence electrons. The Labute approximate surface area is 118 Å². The van der Waals surface area contributed by atoms with E-state index in [2.05, 4.69) is 15.1 Å². The van der Waals surface area contributed by atoms with Gasteiger partial charge in [-0.15, -0.1) is 10.2 Å². The van der Waals surface area contributed by atoms with E-state index >= 15 is 0 Å². The minimum atomic E-state index is -0.211. The van der Waals surface area contributed by atoms with E-state index in [0.717, 1.165) is 42.9 Å². The van der Waals surface area contributed by atoms with Crippen LogP contribution in [0.25, 0.3) is 0 Å². The molecule has 0 radical (unpaired) electrons. The monoisotopic (exact) mass is 282 g/mol. The molecule has 1 fully saturated rings. The van der Waals surface area contributed by atoms with Crippen LogP contribution in [0.4, 0.5) is 5.82 Å². The quantitative estimate of drug-likeness (QED) is 0.918. The number of hydrogen-bond acceptors (Lipinski definition) is 4. The Hall–Kier alpha value is -1.36. The van der Waals surface area contributed by atoms with Crippen molar-refractivity contribution in [1.82, 2.24) is 10.2 Å². The predicted octanol–water partition coefficient (Wildman–Crippen LogP) is 1.84. The predicted molar refractivity (Wildman–Crippen MR) is 75.3 cm³/mol. The molecule has 2 N–H and O–H groups in total. The molecule has 5 nitrogen and oxygen atoms in total. The van der Waals surface area contributed by atoms with Crippen molar-refractivity contribution in [2.45, 2.75) is 33.1 Å². The Morgan fingerprint density at radius 3 is 2.53 bits per heavy atom. The van der Waals surface area contributed by atoms with Gasteiger partial charge in [-0.25, -0.2) is 0 Å². The molecule has 1 aliphatic heterocycles. The third kappa shape index (κ3) is 3.15. The smallest absolute Gasteiger partial charge is 0.217 e. The molecule has 0 spiro atoms. The van der Waals surface area contributed by atoms with Crippen LogP contribution in [0, 0.1) is 19.8 Å².